The molecule has 2 aromatic heterocycles. The molecule has 4 rings (SSSR count). The first-order valence-corrected chi connectivity index (χ1v) is 8.64. The Kier molecular flexibility index (Phi) is 4.72. The smallest absolute Gasteiger partial charge is 0.248 e. The van der Waals surface area contributed by atoms with Gasteiger partial charge in [-0.05, 0) is 54.6 Å². The van der Waals surface area contributed by atoms with Crippen LogP contribution >= 0.6 is 11.6 Å². The summed E-state index contributed by atoms with van der Waals surface area (Å²) in [5.41, 5.74) is 2.23. The molecule has 0 spiro atoms. The van der Waals surface area contributed by atoms with Gasteiger partial charge in [0.2, 0.25) is 11.5 Å². The van der Waals surface area contributed by atoms with E-state index < -0.39 is 0 Å². The molecule has 0 radical (unpaired) electrons. The molecule has 0 unspecified atom stereocenters. The summed E-state index contributed by atoms with van der Waals surface area (Å²) < 4.78 is 5.82. The molecule has 0 aliphatic rings. The van der Waals surface area contributed by atoms with E-state index in [1.54, 1.807) is 30.5 Å². The average molecular weight is 379 g/mol. The van der Waals surface area contributed by atoms with Gasteiger partial charge < -0.3 is 15.0 Å². The summed E-state index contributed by atoms with van der Waals surface area (Å²) in [6.07, 6.45) is 1.68. The highest BCUT2D eigenvalue weighted by molar-refractivity contribution is 6.30. The van der Waals surface area contributed by atoms with Crippen LogP contribution in [0.2, 0.25) is 5.02 Å². The molecule has 2 N–H and O–H groups in total. The molecule has 0 amide bonds. The fraction of sp³-hybridized carbons (Fsp3) is 0.0500. The molecule has 0 bridgehead atoms. The lowest BCUT2D eigenvalue weighted by Gasteiger charge is -2.09. The van der Waals surface area contributed by atoms with Crippen molar-refractivity contribution in [3.63, 3.8) is 0 Å². The van der Waals surface area contributed by atoms with Crippen molar-refractivity contribution in [3.8, 4) is 5.75 Å². The minimum atomic E-state index is -0.127. The summed E-state index contributed by atoms with van der Waals surface area (Å²) in [4.78, 5) is 22.8. The SMILES string of the molecule is O=c1ccc2cc(OCc3ccnc(Nc4ccc(Cl)cc4)n3)ccc2[nH]1. The second kappa shape index (κ2) is 7.47. The summed E-state index contributed by atoms with van der Waals surface area (Å²) in [7, 11) is 0. The maximum Gasteiger partial charge on any atom is 0.248 e. The molecular formula is C20H15ClN4O2. The molecular weight excluding hydrogens is 364 g/mol. The number of nitrogens with one attached hydrogen (secondary N) is 2. The molecule has 4 aromatic rings. The third kappa shape index (κ3) is 4.24. The number of H-pyrrole nitrogens is 1. The van der Waals surface area contributed by atoms with Crippen LogP contribution in [0.5, 0.6) is 5.75 Å². The Balaban J connectivity index is 1.46. The highest BCUT2D eigenvalue weighted by Gasteiger charge is 2.03. The molecule has 7 heteroatoms. The second-order valence-corrected chi connectivity index (χ2v) is 6.30. The van der Waals surface area contributed by atoms with Crippen LogP contribution in [0.4, 0.5) is 11.6 Å². The number of ether oxygens (including phenoxy) is 1. The van der Waals surface area contributed by atoms with Crippen molar-refractivity contribution in [1.29, 1.82) is 0 Å². The van der Waals surface area contributed by atoms with Crippen LogP contribution in [-0.4, -0.2) is 15.0 Å². The van der Waals surface area contributed by atoms with Gasteiger partial charge in [0.25, 0.3) is 0 Å². The van der Waals surface area contributed by atoms with Crippen molar-refractivity contribution in [3.05, 3.63) is 87.9 Å². The number of aromatic nitrogens is 3. The lowest BCUT2D eigenvalue weighted by Crippen LogP contribution is -2.04. The predicted molar refractivity (Wildman–Crippen MR) is 106 cm³/mol. The van der Waals surface area contributed by atoms with Gasteiger partial charge in [0.05, 0.1) is 5.69 Å². The fourth-order valence-corrected chi connectivity index (χ4v) is 2.70. The van der Waals surface area contributed by atoms with E-state index in [0.29, 0.717) is 23.3 Å². The van der Waals surface area contributed by atoms with E-state index in [4.69, 9.17) is 16.3 Å². The minimum Gasteiger partial charge on any atom is -0.487 e. The molecule has 0 atom stereocenters. The van der Waals surface area contributed by atoms with Crippen molar-refractivity contribution < 1.29 is 4.74 Å². The lowest BCUT2D eigenvalue weighted by atomic mass is 10.2. The Morgan fingerprint density at radius 3 is 2.74 bits per heavy atom. The Morgan fingerprint density at radius 2 is 1.89 bits per heavy atom. The van der Waals surface area contributed by atoms with Gasteiger partial charge in [-0.25, -0.2) is 9.97 Å². The molecule has 0 fully saturated rings. The third-order valence-corrected chi connectivity index (χ3v) is 4.15. The number of nitrogens with zero attached hydrogens (tertiary/aromatic N) is 2. The minimum absolute atomic E-state index is 0.127. The predicted octanol–water partition coefficient (Wildman–Crippen LogP) is 4.29. The highest BCUT2D eigenvalue weighted by atomic mass is 35.5. The summed E-state index contributed by atoms with van der Waals surface area (Å²) in [6, 6.07) is 17.9. The molecule has 27 heavy (non-hydrogen) atoms. The summed E-state index contributed by atoms with van der Waals surface area (Å²) in [5.74, 6) is 1.18. The van der Waals surface area contributed by atoms with E-state index in [1.807, 2.05) is 30.3 Å². The molecule has 2 heterocycles. The maximum absolute atomic E-state index is 11.3. The average Bonchev–Trinajstić information content (AvgIpc) is 2.68. The summed E-state index contributed by atoms with van der Waals surface area (Å²) >= 11 is 5.89. The van der Waals surface area contributed by atoms with Crippen molar-refractivity contribution >= 4 is 34.1 Å². The molecule has 0 aliphatic heterocycles. The highest BCUT2D eigenvalue weighted by Crippen LogP contribution is 2.20. The van der Waals surface area contributed by atoms with Crippen LogP contribution < -0.4 is 15.6 Å². The first kappa shape index (κ1) is 17.1. The number of aromatic amines is 1. The Hall–Kier alpha value is -3.38. The number of rotatable bonds is 5. The van der Waals surface area contributed by atoms with Crippen LogP contribution in [0.15, 0.2) is 71.7 Å². The molecule has 0 saturated carbocycles. The van der Waals surface area contributed by atoms with E-state index >= 15 is 0 Å². The van der Waals surface area contributed by atoms with Crippen LogP contribution in [0.25, 0.3) is 10.9 Å². The molecule has 134 valence electrons. The Bertz CT molecular complexity index is 1140. The van der Waals surface area contributed by atoms with Gasteiger partial charge in [0.1, 0.15) is 12.4 Å². The zero-order valence-electron chi connectivity index (χ0n) is 14.1. The van der Waals surface area contributed by atoms with Crippen LogP contribution in [0.1, 0.15) is 5.69 Å². The first-order valence-electron chi connectivity index (χ1n) is 8.26. The van der Waals surface area contributed by atoms with Gasteiger partial charge in [-0.15, -0.1) is 0 Å². The number of anilines is 2. The van der Waals surface area contributed by atoms with Gasteiger partial charge in [-0.2, -0.15) is 0 Å². The largest absolute Gasteiger partial charge is 0.487 e. The zero-order valence-corrected chi connectivity index (χ0v) is 14.9. The molecule has 0 aliphatic carbocycles. The van der Waals surface area contributed by atoms with E-state index in [9.17, 15) is 4.79 Å². The van der Waals surface area contributed by atoms with Crippen LogP contribution in [0.3, 0.4) is 0 Å². The van der Waals surface area contributed by atoms with E-state index in [1.165, 1.54) is 6.07 Å². The van der Waals surface area contributed by atoms with Gasteiger partial charge >= 0.3 is 0 Å². The maximum atomic E-state index is 11.3. The number of pyridine rings is 1. The molecule has 6 nitrogen and oxygen atoms in total. The quantitative estimate of drug-likeness (QED) is 0.541. The number of halogens is 1. The Labute approximate surface area is 159 Å². The molecule has 2 aromatic carbocycles. The Morgan fingerprint density at radius 1 is 1.04 bits per heavy atom. The van der Waals surface area contributed by atoms with E-state index in [0.717, 1.165) is 22.3 Å². The van der Waals surface area contributed by atoms with E-state index in [-0.39, 0.29) is 5.56 Å². The first-order chi connectivity index (χ1) is 13.2. The van der Waals surface area contributed by atoms with Crippen molar-refractivity contribution in [2.45, 2.75) is 6.61 Å². The van der Waals surface area contributed by atoms with Crippen molar-refractivity contribution in [1.82, 2.24) is 15.0 Å². The summed E-state index contributed by atoms with van der Waals surface area (Å²) in [6.45, 7) is 0.298. The third-order valence-electron chi connectivity index (χ3n) is 3.90. The summed E-state index contributed by atoms with van der Waals surface area (Å²) in [5, 5.41) is 4.70. The zero-order chi connectivity index (χ0) is 18.6. The fourth-order valence-electron chi connectivity index (χ4n) is 2.58. The van der Waals surface area contributed by atoms with Crippen molar-refractivity contribution in [2.24, 2.45) is 0 Å². The second-order valence-electron chi connectivity index (χ2n) is 5.86. The van der Waals surface area contributed by atoms with Gasteiger partial charge in [0, 0.05) is 33.9 Å². The van der Waals surface area contributed by atoms with Crippen LogP contribution in [-0.2, 0) is 6.61 Å². The monoisotopic (exact) mass is 378 g/mol. The lowest BCUT2D eigenvalue weighted by molar-refractivity contribution is 0.301. The number of benzene rings is 2. The number of hydrogen-bond acceptors (Lipinski definition) is 5. The van der Waals surface area contributed by atoms with Gasteiger partial charge in [0.15, 0.2) is 0 Å². The number of hydrogen-bond donors (Lipinski definition) is 2. The topological polar surface area (TPSA) is 79.9 Å². The number of fused-ring (bicyclic) bond motifs is 1. The normalized spacial score (nSPS) is 10.7. The molecule has 0 saturated heterocycles. The van der Waals surface area contributed by atoms with E-state index in [2.05, 4.69) is 20.3 Å². The van der Waals surface area contributed by atoms with Gasteiger partial charge in [-0.3, -0.25) is 4.79 Å². The van der Waals surface area contributed by atoms with Crippen LogP contribution in [0, 0.1) is 0 Å². The van der Waals surface area contributed by atoms with Gasteiger partial charge in [-0.1, -0.05) is 11.6 Å². The standard InChI is InChI=1S/C20H15ClN4O2/c21-14-2-4-15(5-3-14)23-20-22-10-9-16(24-20)12-27-17-6-7-18-13(11-17)1-8-19(26)25-18/h1-11H,12H2,(H,25,26)(H,22,23,24). The van der Waals surface area contributed by atoms with Crippen molar-refractivity contribution in [2.75, 3.05) is 5.32 Å².